The lowest BCUT2D eigenvalue weighted by Crippen LogP contribution is -2.57. The number of nitrogens with zero attached hydrogens (tertiary/aromatic N) is 7. The molecule has 0 unspecified atom stereocenters. The van der Waals surface area contributed by atoms with Crippen molar-refractivity contribution in [2.45, 2.75) is 54.2 Å². The summed E-state index contributed by atoms with van der Waals surface area (Å²) in [7, 11) is 0. The number of fused-ring (bicyclic) bond motifs is 4. The number of hydrogen-bond donors (Lipinski definition) is 2. The van der Waals surface area contributed by atoms with Gasteiger partial charge in [0.2, 0.25) is 0 Å². The standard InChI is InChI=1S/C30H29F4N9OS2/c31-17-7-28(4-2-6-43(28)10-17)15-44-27-39-25-21(19(30(32,33)34)11-41(25)9-16-3-1-5-38-23(16)36)26(40-27)42-13-29(14-42)22-18(8-35)24(37)46-20(22)12-45-29/h1,3,5,11,17H,2,4,6-7,9-10,12-15,37H2,(H2,36,38)/t17-,28+/m1/s1. The molecule has 0 aliphatic carbocycles. The van der Waals surface area contributed by atoms with Crippen molar-refractivity contribution < 1.29 is 22.3 Å². The zero-order valence-electron chi connectivity index (χ0n) is 24.5. The number of pyridine rings is 1. The molecular formula is C30H29F4N9OS2. The highest BCUT2D eigenvalue weighted by Gasteiger charge is 2.54. The summed E-state index contributed by atoms with van der Waals surface area (Å²) in [5.74, 6) is 0.980. The van der Waals surface area contributed by atoms with Crippen LogP contribution in [0.3, 0.4) is 0 Å². The number of nitrogen functional groups attached to an aromatic ring is 2. The van der Waals surface area contributed by atoms with Gasteiger partial charge >= 0.3 is 12.2 Å². The molecule has 8 rings (SSSR count). The monoisotopic (exact) mass is 671 g/mol. The third-order valence-corrected chi connectivity index (χ3v) is 12.4. The molecule has 0 saturated carbocycles. The van der Waals surface area contributed by atoms with Gasteiger partial charge in [-0.25, -0.2) is 9.37 Å². The van der Waals surface area contributed by atoms with Crippen LogP contribution < -0.4 is 21.1 Å². The van der Waals surface area contributed by atoms with Crippen molar-refractivity contribution in [1.29, 1.82) is 5.26 Å². The van der Waals surface area contributed by atoms with Crippen molar-refractivity contribution in [1.82, 2.24) is 24.4 Å². The number of halogens is 4. The third kappa shape index (κ3) is 4.49. The lowest BCUT2D eigenvalue weighted by molar-refractivity contribution is -0.136. The van der Waals surface area contributed by atoms with Crippen molar-refractivity contribution in [2.75, 3.05) is 49.2 Å². The van der Waals surface area contributed by atoms with E-state index in [2.05, 4.69) is 25.9 Å². The zero-order valence-corrected chi connectivity index (χ0v) is 26.1. The predicted octanol–water partition coefficient (Wildman–Crippen LogP) is 4.91. The Morgan fingerprint density at radius 2 is 2.04 bits per heavy atom. The molecule has 0 aromatic carbocycles. The topological polar surface area (TPSA) is 135 Å². The first-order chi connectivity index (χ1) is 22.0. The van der Waals surface area contributed by atoms with Crippen LogP contribution in [0.4, 0.5) is 34.2 Å². The molecule has 46 heavy (non-hydrogen) atoms. The number of thioether (sulfide) groups is 1. The number of aromatic nitrogens is 4. The summed E-state index contributed by atoms with van der Waals surface area (Å²) in [6.45, 7) is 1.90. The van der Waals surface area contributed by atoms with E-state index >= 15 is 0 Å². The fourth-order valence-electron chi connectivity index (χ4n) is 7.63. The predicted molar refractivity (Wildman–Crippen MR) is 167 cm³/mol. The van der Waals surface area contributed by atoms with Crippen LogP contribution in [0.15, 0.2) is 24.5 Å². The lowest BCUT2D eigenvalue weighted by atomic mass is 9.88. The Hall–Kier alpha value is -3.81. The second-order valence-corrected chi connectivity index (χ2v) is 15.0. The van der Waals surface area contributed by atoms with Gasteiger partial charge in [-0.15, -0.1) is 23.1 Å². The molecule has 10 nitrogen and oxygen atoms in total. The molecule has 240 valence electrons. The molecule has 2 atom stereocenters. The Morgan fingerprint density at radius 3 is 2.80 bits per heavy atom. The van der Waals surface area contributed by atoms with Gasteiger partial charge in [0.05, 0.1) is 33.3 Å². The SMILES string of the molecule is N#Cc1c(N)sc2c1C1(CN(c3nc(OC[C@@]45CCCN4C[C@H](F)C5)nc4c3c(C(F)(F)F)cn4Cc3cccnc3N)C1)SC2. The molecule has 1 spiro atoms. The number of hydrogen-bond acceptors (Lipinski definition) is 11. The number of ether oxygens (including phenoxy) is 1. The van der Waals surface area contributed by atoms with E-state index in [-0.39, 0.29) is 41.8 Å². The first-order valence-corrected chi connectivity index (χ1v) is 16.7. The number of nitriles is 1. The lowest BCUT2D eigenvalue weighted by Gasteiger charge is -2.48. The van der Waals surface area contributed by atoms with Gasteiger partial charge in [0.15, 0.2) is 0 Å². The summed E-state index contributed by atoms with van der Waals surface area (Å²) in [6, 6.07) is 5.53. The van der Waals surface area contributed by atoms with Crippen LogP contribution in [0.25, 0.3) is 11.0 Å². The van der Waals surface area contributed by atoms with E-state index in [4.69, 9.17) is 16.2 Å². The largest absolute Gasteiger partial charge is 0.461 e. The highest BCUT2D eigenvalue weighted by atomic mass is 32.2. The van der Waals surface area contributed by atoms with Crippen LogP contribution >= 0.6 is 23.1 Å². The van der Waals surface area contributed by atoms with Crippen LogP contribution in [0.5, 0.6) is 6.01 Å². The maximum absolute atomic E-state index is 14.7. The minimum Gasteiger partial charge on any atom is -0.461 e. The van der Waals surface area contributed by atoms with E-state index in [1.807, 2.05) is 0 Å². The van der Waals surface area contributed by atoms with E-state index in [0.717, 1.165) is 36.0 Å². The Kier molecular flexibility index (Phi) is 6.65. The van der Waals surface area contributed by atoms with E-state index < -0.39 is 28.2 Å². The van der Waals surface area contributed by atoms with Crippen molar-refractivity contribution in [3.05, 3.63) is 51.7 Å². The number of anilines is 3. The van der Waals surface area contributed by atoms with Gasteiger partial charge in [-0.05, 0) is 25.5 Å². The molecule has 4 aromatic rings. The van der Waals surface area contributed by atoms with E-state index in [9.17, 15) is 22.8 Å². The Morgan fingerprint density at radius 1 is 1.22 bits per heavy atom. The van der Waals surface area contributed by atoms with Gasteiger partial charge in [-0.3, -0.25) is 4.90 Å². The maximum atomic E-state index is 14.7. The Bertz CT molecular complexity index is 1910. The number of alkyl halides is 4. The normalized spacial score (nSPS) is 23.5. The van der Waals surface area contributed by atoms with E-state index in [1.54, 1.807) is 28.8 Å². The van der Waals surface area contributed by atoms with E-state index in [1.165, 1.54) is 22.1 Å². The fraction of sp³-hybridized carbons (Fsp3) is 0.467. The first-order valence-electron chi connectivity index (χ1n) is 14.9. The second-order valence-electron chi connectivity index (χ2n) is 12.5. The molecule has 0 amide bonds. The smallest absolute Gasteiger partial charge is 0.418 e. The minimum absolute atomic E-state index is 0.00769. The van der Waals surface area contributed by atoms with Crippen molar-refractivity contribution in [2.24, 2.45) is 0 Å². The number of rotatable bonds is 6. The number of thiophene rings is 1. The molecule has 3 saturated heterocycles. The molecule has 4 N–H and O–H groups in total. The molecule has 4 aliphatic heterocycles. The minimum atomic E-state index is -4.71. The zero-order chi connectivity index (χ0) is 32.0. The summed E-state index contributed by atoms with van der Waals surface area (Å²) in [5.41, 5.74) is 12.8. The van der Waals surface area contributed by atoms with Crippen LogP contribution in [-0.4, -0.2) is 68.9 Å². The van der Waals surface area contributed by atoms with Gasteiger partial charge in [0.25, 0.3) is 0 Å². The Labute approximate surface area is 269 Å². The Balaban J connectivity index is 1.22. The van der Waals surface area contributed by atoms with Crippen molar-refractivity contribution in [3.8, 4) is 12.1 Å². The highest BCUT2D eigenvalue weighted by Crippen LogP contribution is 2.58. The van der Waals surface area contributed by atoms with Gasteiger partial charge in [-0.2, -0.15) is 28.4 Å². The van der Waals surface area contributed by atoms with Crippen LogP contribution in [0.1, 0.15) is 46.4 Å². The third-order valence-electron chi connectivity index (χ3n) is 9.73. The average Bonchev–Trinajstić information content (AvgIpc) is 3.77. The van der Waals surface area contributed by atoms with Crippen LogP contribution in [0.2, 0.25) is 0 Å². The van der Waals surface area contributed by atoms with Gasteiger partial charge < -0.3 is 25.7 Å². The van der Waals surface area contributed by atoms with Crippen LogP contribution in [0, 0.1) is 11.3 Å². The summed E-state index contributed by atoms with van der Waals surface area (Å²) in [5, 5.41) is 10.1. The second kappa shape index (κ2) is 10.3. The van der Waals surface area contributed by atoms with Crippen molar-refractivity contribution in [3.63, 3.8) is 0 Å². The van der Waals surface area contributed by atoms with Gasteiger partial charge in [0, 0.05) is 60.2 Å². The summed E-state index contributed by atoms with van der Waals surface area (Å²) in [4.78, 5) is 18.2. The quantitative estimate of drug-likeness (QED) is 0.273. The molecule has 0 bridgehead atoms. The fourth-order valence-corrected chi connectivity index (χ4v) is 10.4. The maximum Gasteiger partial charge on any atom is 0.418 e. The highest BCUT2D eigenvalue weighted by molar-refractivity contribution is 8.00. The molecule has 8 heterocycles. The first kappa shape index (κ1) is 29.6. The number of nitrogens with two attached hydrogens (primary N) is 2. The molecular weight excluding hydrogens is 643 g/mol. The summed E-state index contributed by atoms with van der Waals surface area (Å²) < 4.78 is 65.7. The molecule has 4 aliphatic rings. The molecule has 4 aromatic heterocycles. The van der Waals surface area contributed by atoms with Crippen LogP contribution in [-0.2, 0) is 23.2 Å². The van der Waals surface area contributed by atoms with Crippen molar-refractivity contribution >= 4 is 50.8 Å². The molecule has 16 heteroatoms. The van der Waals surface area contributed by atoms with Gasteiger partial charge in [0.1, 0.15) is 41.1 Å². The summed E-state index contributed by atoms with van der Waals surface area (Å²) >= 11 is 3.06. The molecule has 3 fully saturated rings. The van der Waals surface area contributed by atoms with E-state index in [0.29, 0.717) is 47.9 Å². The summed E-state index contributed by atoms with van der Waals surface area (Å²) in [6.07, 6.45) is -1.11. The molecule has 0 radical (unpaired) electrons. The average molecular weight is 672 g/mol. The van der Waals surface area contributed by atoms with Gasteiger partial charge in [-0.1, -0.05) is 6.07 Å².